The maximum Gasteiger partial charge on any atom is 0.247 e. The molecule has 20 nitrogen and oxygen atoms in total. The average molecular weight is 893 g/mol. The quantitative estimate of drug-likeness (QED) is 0.123. The molecule has 2 aromatic carbocycles. The number of carbonyl (C=O) groups excluding carboxylic acids is 10. The summed E-state index contributed by atoms with van der Waals surface area (Å²) in [5.41, 5.74) is 13.5. The predicted octanol–water partition coefficient (Wildman–Crippen LogP) is -0.220. The molecular weight excluding hydrogens is 840 g/mol. The van der Waals surface area contributed by atoms with Gasteiger partial charge in [-0.25, -0.2) is 0 Å². The Hall–Kier alpha value is -6.57. The summed E-state index contributed by atoms with van der Waals surface area (Å²) < 4.78 is 0. The number of nitrogens with two attached hydrogens (primary N) is 2. The van der Waals surface area contributed by atoms with Crippen LogP contribution >= 0.6 is 11.6 Å². The minimum Gasteiger partial charge on any atom is -0.370 e. The van der Waals surface area contributed by atoms with Gasteiger partial charge in [-0.15, -0.1) is 0 Å². The predicted molar refractivity (Wildman–Crippen MR) is 228 cm³/mol. The van der Waals surface area contributed by atoms with Crippen LogP contribution in [0.5, 0.6) is 0 Å². The molecule has 0 spiro atoms. The molecule has 4 aliphatic heterocycles. The number of hydrogen-bond acceptors (Lipinski definition) is 10. The zero-order valence-corrected chi connectivity index (χ0v) is 35.8. The van der Waals surface area contributed by atoms with Crippen molar-refractivity contribution in [3.63, 3.8) is 0 Å². The Morgan fingerprint density at radius 2 is 1.10 bits per heavy atom. The van der Waals surface area contributed by atoms with Crippen LogP contribution in [-0.4, -0.2) is 118 Å². The normalized spacial score (nSPS) is 21.2. The Balaban J connectivity index is 0.000000238. The highest BCUT2D eigenvalue weighted by Gasteiger charge is 2.41. The number of hydrogen-bond donors (Lipinski definition) is 8. The molecule has 4 aliphatic rings. The molecule has 63 heavy (non-hydrogen) atoms. The summed E-state index contributed by atoms with van der Waals surface area (Å²) in [4.78, 5) is 126. The summed E-state index contributed by atoms with van der Waals surface area (Å²) in [5, 5.41) is 16.2. The standard InChI is InChI=1S/C21H26ClN5O5.C21H27N5O5/c1-11-4-5-12(22)9-14(11)25-20(31)16-3-2-8-27(16)21(32)15(10-17(23)28)26-19(30)13-6-7-18(29)24-13;1-12-5-2-3-6-13(12)24-20(30)16-7-4-10-26(16)21(31)15(11-17(22)27)25-19(29)14-8-9-18(28)23-14/h4-5,9,13,15-16H,2-3,6-8,10H2,1H3,(H2,23,28)(H,24,29)(H,25,31)(H,26,30);2-3,5-6,14-16H,4,7-11H2,1H3,(H2,22,27)(H,23,28)(H,24,30)(H,25,29). The number of primary amides is 2. The summed E-state index contributed by atoms with van der Waals surface area (Å²) >= 11 is 6.01. The smallest absolute Gasteiger partial charge is 0.247 e. The van der Waals surface area contributed by atoms with E-state index in [-0.39, 0.29) is 36.5 Å². The molecule has 10 amide bonds. The minimum atomic E-state index is -1.22. The Labute approximate surface area is 368 Å². The van der Waals surface area contributed by atoms with Crippen LogP contribution in [-0.2, 0) is 47.9 Å². The Morgan fingerprint density at radius 1 is 0.651 bits per heavy atom. The maximum atomic E-state index is 13.2. The first-order valence-corrected chi connectivity index (χ1v) is 21.1. The summed E-state index contributed by atoms with van der Waals surface area (Å²) in [5.74, 6) is -4.96. The van der Waals surface area contributed by atoms with E-state index < -0.39 is 84.5 Å². The number of para-hydroxylation sites is 1. The molecular formula is C42H53ClN10O10. The number of likely N-dealkylation sites (tertiary alicyclic amines) is 2. The van der Waals surface area contributed by atoms with Crippen LogP contribution in [0.4, 0.5) is 11.4 Å². The van der Waals surface area contributed by atoms with Crippen LogP contribution in [0.15, 0.2) is 42.5 Å². The van der Waals surface area contributed by atoms with Gasteiger partial charge in [-0.05, 0) is 81.7 Å². The van der Waals surface area contributed by atoms with Gasteiger partial charge in [0.15, 0.2) is 0 Å². The highest BCUT2D eigenvalue weighted by molar-refractivity contribution is 6.31. The third kappa shape index (κ3) is 12.7. The van der Waals surface area contributed by atoms with Crippen molar-refractivity contribution >= 4 is 82.0 Å². The second-order valence-electron chi connectivity index (χ2n) is 15.9. The summed E-state index contributed by atoms with van der Waals surface area (Å²) in [6, 6.07) is 7.00. The Kier molecular flexibility index (Phi) is 16.2. The van der Waals surface area contributed by atoms with Crippen molar-refractivity contribution in [2.24, 2.45) is 11.5 Å². The molecule has 338 valence electrons. The monoisotopic (exact) mass is 892 g/mol. The van der Waals surface area contributed by atoms with E-state index >= 15 is 0 Å². The molecule has 6 unspecified atom stereocenters. The molecule has 4 fully saturated rings. The van der Waals surface area contributed by atoms with Crippen molar-refractivity contribution in [3.8, 4) is 0 Å². The molecule has 2 aromatic rings. The summed E-state index contributed by atoms with van der Waals surface area (Å²) in [7, 11) is 0. The summed E-state index contributed by atoms with van der Waals surface area (Å²) in [6.45, 7) is 4.32. The molecule has 21 heteroatoms. The average Bonchev–Trinajstić information content (AvgIpc) is 4.07. The Bertz CT molecular complexity index is 2150. The van der Waals surface area contributed by atoms with Gasteiger partial charge in [0.2, 0.25) is 59.1 Å². The van der Waals surface area contributed by atoms with Gasteiger partial charge in [-0.2, -0.15) is 0 Å². The fraction of sp³-hybridized carbons (Fsp3) is 0.476. The lowest BCUT2D eigenvalue weighted by molar-refractivity contribution is -0.141. The number of benzene rings is 2. The van der Waals surface area contributed by atoms with Crippen LogP contribution in [0.2, 0.25) is 5.02 Å². The van der Waals surface area contributed by atoms with Gasteiger partial charge in [0.25, 0.3) is 0 Å². The van der Waals surface area contributed by atoms with E-state index in [0.29, 0.717) is 68.0 Å². The van der Waals surface area contributed by atoms with Gasteiger partial charge in [0.05, 0.1) is 12.8 Å². The van der Waals surface area contributed by atoms with E-state index in [0.717, 1.165) is 11.1 Å². The van der Waals surface area contributed by atoms with Gasteiger partial charge in [0, 0.05) is 42.3 Å². The molecule has 0 radical (unpaired) electrons. The zero-order valence-electron chi connectivity index (χ0n) is 35.0. The van der Waals surface area contributed by atoms with Gasteiger partial charge >= 0.3 is 0 Å². The topological polar surface area (TPSA) is 301 Å². The fourth-order valence-electron chi connectivity index (χ4n) is 7.85. The van der Waals surface area contributed by atoms with Crippen molar-refractivity contribution < 1.29 is 47.9 Å². The van der Waals surface area contributed by atoms with E-state index in [1.165, 1.54) is 9.80 Å². The van der Waals surface area contributed by atoms with Crippen LogP contribution in [0.1, 0.15) is 75.3 Å². The van der Waals surface area contributed by atoms with Crippen molar-refractivity contribution in [1.82, 2.24) is 31.1 Å². The van der Waals surface area contributed by atoms with Crippen LogP contribution in [0, 0.1) is 13.8 Å². The first-order valence-electron chi connectivity index (χ1n) is 20.7. The minimum absolute atomic E-state index is 0.212. The Morgan fingerprint density at radius 3 is 1.52 bits per heavy atom. The van der Waals surface area contributed by atoms with Crippen molar-refractivity contribution in [1.29, 1.82) is 0 Å². The maximum absolute atomic E-state index is 13.2. The number of carbonyl (C=O) groups is 10. The third-order valence-electron chi connectivity index (χ3n) is 11.2. The molecule has 10 N–H and O–H groups in total. The summed E-state index contributed by atoms with van der Waals surface area (Å²) in [6.07, 6.45) is 2.36. The fourth-order valence-corrected chi connectivity index (χ4v) is 8.02. The number of nitrogens with zero attached hydrogens (tertiary/aromatic N) is 2. The van der Waals surface area contributed by atoms with E-state index in [1.54, 1.807) is 30.3 Å². The molecule has 4 heterocycles. The molecule has 6 rings (SSSR count). The first kappa shape index (κ1) is 47.5. The molecule has 0 bridgehead atoms. The number of rotatable bonds is 14. The lowest BCUT2D eigenvalue weighted by Crippen LogP contribution is -2.56. The third-order valence-corrected chi connectivity index (χ3v) is 11.4. The largest absolute Gasteiger partial charge is 0.370 e. The van der Waals surface area contributed by atoms with Crippen LogP contribution in [0.3, 0.4) is 0 Å². The number of aryl methyl sites for hydroxylation is 2. The molecule has 0 saturated carbocycles. The second-order valence-corrected chi connectivity index (χ2v) is 16.3. The second kappa shape index (κ2) is 21.5. The number of nitrogens with one attached hydrogen (secondary N) is 6. The number of anilines is 2. The molecule has 4 saturated heterocycles. The highest BCUT2D eigenvalue weighted by atomic mass is 35.5. The number of amides is 10. The molecule has 0 aromatic heterocycles. The molecule has 0 aliphatic carbocycles. The molecule has 6 atom stereocenters. The van der Waals surface area contributed by atoms with Gasteiger partial charge in [-0.3, -0.25) is 47.9 Å². The van der Waals surface area contributed by atoms with Crippen molar-refractivity contribution in [2.75, 3.05) is 23.7 Å². The zero-order chi connectivity index (χ0) is 46.0. The van der Waals surface area contributed by atoms with E-state index in [4.69, 9.17) is 23.1 Å². The van der Waals surface area contributed by atoms with E-state index in [2.05, 4.69) is 31.9 Å². The van der Waals surface area contributed by atoms with Crippen LogP contribution in [0.25, 0.3) is 0 Å². The highest BCUT2D eigenvalue weighted by Crippen LogP contribution is 2.25. The number of halogens is 1. The van der Waals surface area contributed by atoms with Crippen LogP contribution < -0.4 is 43.4 Å². The van der Waals surface area contributed by atoms with E-state index in [1.807, 2.05) is 26.0 Å². The van der Waals surface area contributed by atoms with Crippen molar-refractivity contribution in [3.05, 3.63) is 58.6 Å². The lowest BCUT2D eigenvalue weighted by atomic mass is 10.1. The first-order chi connectivity index (χ1) is 29.9. The van der Waals surface area contributed by atoms with Gasteiger partial charge < -0.3 is 53.2 Å². The van der Waals surface area contributed by atoms with Gasteiger partial charge in [0.1, 0.15) is 36.3 Å². The lowest BCUT2D eigenvalue weighted by Gasteiger charge is -2.29. The van der Waals surface area contributed by atoms with Gasteiger partial charge in [-0.1, -0.05) is 35.9 Å². The van der Waals surface area contributed by atoms with E-state index in [9.17, 15) is 47.9 Å². The SMILES string of the molecule is Cc1ccc(Cl)cc1NC(=O)C1CCCN1C(=O)C(CC(N)=O)NC(=O)C1CCC(=O)N1.Cc1ccccc1NC(=O)C1CCCN1C(=O)C(CC(N)=O)NC(=O)C1CCC(=O)N1. The van der Waals surface area contributed by atoms with Crippen molar-refractivity contribution in [2.45, 2.75) is 114 Å².